The number of nitrogens with one attached hydrogen (secondary N) is 1. The number of fused-ring (bicyclic) bond motifs is 1. The minimum Gasteiger partial charge on any atom is -0.377 e. The largest absolute Gasteiger partial charge is 0.377 e. The highest BCUT2D eigenvalue weighted by atomic mass is 16.5. The number of aromatic amines is 1. The van der Waals surface area contributed by atoms with Crippen LogP contribution in [0.5, 0.6) is 0 Å². The number of hydrogen-bond donors (Lipinski definition) is 1. The summed E-state index contributed by atoms with van der Waals surface area (Å²) in [5, 5.41) is 13.5. The zero-order valence-electron chi connectivity index (χ0n) is 19.4. The molecular formula is C24H32N6O3. The number of ether oxygens (including phenoxy) is 2. The van der Waals surface area contributed by atoms with E-state index in [1.54, 1.807) is 0 Å². The van der Waals surface area contributed by atoms with E-state index in [2.05, 4.69) is 38.4 Å². The van der Waals surface area contributed by atoms with E-state index in [0.717, 1.165) is 78.9 Å². The van der Waals surface area contributed by atoms with Gasteiger partial charge in [0, 0.05) is 37.3 Å². The Morgan fingerprint density at radius 2 is 1.85 bits per heavy atom. The lowest BCUT2D eigenvalue weighted by Crippen LogP contribution is -2.34. The Balaban J connectivity index is 1.40. The second kappa shape index (κ2) is 9.70. The van der Waals surface area contributed by atoms with Gasteiger partial charge >= 0.3 is 0 Å². The molecule has 2 fully saturated rings. The number of nitrogens with zero attached hydrogens (tertiary/aromatic N) is 5. The first-order valence-corrected chi connectivity index (χ1v) is 11.9. The molecular weight excluding hydrogens is 420 g/mol. The van der Waals surface area contributed by atoms with E-state index in [1.165, 1.54) is 0 Å². The third-order valence-corrected chi connectivity index (χ3v) is 6.77. The van der Waals surface area contributed by atoms with Crippen molar-refractivity contribution in [2.75, 3.05) is 19.8 Å². The number of aryl methyl sites for hydroxylation is 2. The number of rotatable bonds is 8. The van der Waals surface area contributed by atoms with Gasteiger partial charge in [-0.05, 0) is 67.2 Å². The van der Waals surface area contributed by atoms with Gasteiger partial charge in [0.25, 0.3) is 5.56 Å². The number of hydrogen-bond acceptors (Lipinski definition) is 7. The lowest BCUT2D eigenvalue weighted by atomic mass is 10.0. The molecule has 2 aliphatic rings. The fourth-order valence-electron chi connectivity index (χ4n) is 4.90. The third-order valence-electron chi connectivity index (χ3n) is 6.77. The molecule has 4 heterocycles. The van der Waals surface area contributed by atoms with Crippen molar-refractivity contribution in [2.24, 2.45) is 0 Å². The molecule has 0 radical (unpaired) electrons. The molecule has 0 aliphatic carbocycles. The van der Waals surface area contributed by atoms with Gasteiger partial charge in [0.05, 0.1) is 30.8 Å². The van der Waals surface area contributed by atoms with Crippen molar-refractivity contribution in [2.45, 2.75) is 71.4 Å². The minimum absolute atomic E-state index is 0.0486. The van der Waals surface area contributed by atoms with E-state index in [0.29, 0.717) is 19.6 Å². The average molecular weight is 453 g/mol. The van der Waals surface area contributed by atoms with Crippen LogP contribution in [0, 0.1) is 13.8 Å². The van der Waals surface area contributed by atoms with Gasteiger partial charge in [-0.25, -0.2) is 4.68 Å². The van der Waals surface area contributed by atoms with Gasteiger partial charge in [0.1, 0.15) is 0 Å². The summed E-state index contributed by atoms with van der Waals surface area (Å²) in [5.41, 5.74) is 3.83. The Bertz CT molecular complexity index is 1160. The SMILES string of the molecule is Cc1ccc(C)c2[nH]c(=O)c(CN(Cc3nnnn3C[C@@H]3CCCO3)C[C@@H]3CCCO3)cc12. The maximum Gasteiger partial charge on any atom is 0.252 e. The molecule has 2 aromatic heterocycles. The van der Waals surface area contributed by atoms with E-state index in [-0.39, 0.29) is 17.8 Å². The van der Waals surface area contributed by atoms with Gasteiger partial charge in [0.15, 0.2) is 5.82 Å². The lowest BCUT2D eigenvalue weighted by Gasteiger charge is -2.25. The molecule has 1 aromatic carbocycles. The van der Waals surface area contributed by atoms with E-state index in [1.807, 2.05) is 23.7 Å². The fourth-order valence-corrected chi connectivity index (χ4v) is 4.90. The Kier molecular flexibility index (Phi) is 6.52. The van der Waals surface area contributed by atoms with Crippen molar-refractivity contribution in [3.8, 4) is 0 Å². The monoisotopic (exact) mass is 452 g/mol. The molecule has 0 unspecified atom stereocenters. The predicted molar refractivity (Wildman–Crippen MR) is 124 cm³/mol. The van der Waals surface area contributed by atoms with E-state index < -0.39 is 0 Å². The number of aromatic nitrogens is 5. The van der Waals surface area contributed by atoms with Crippen LogP contribution in [0.1, 0.15) is 48.2 Å². The number of pyridine rings is 1. The van der Waals surface area contributed by atoms with Gasteiger partial charge in [-0.1, -0.05) is 12.1 Å². The van der Waals surface area contributed by atoms with Crippen molar-refractivity contribution in [1.29, 1.82) is 0 Å². The first kappa shape index (κ1) is 22.2. The Hall–Kier alpha value is -2.62. The molecule has 2 saturated heterocycles. The summed E-state index contributed by atoms with van der Waals surface area (Å²) < 4.78 is 13.5. The summed E-state index contributed by atoms with van der Waals surface area (Å²) in [7, 11) is 0. The van der Waals surface area contributed by atoms with Gasteiger partial charge in [-0.2, -0.15) is 0 Å². The quantitative estimate of drug-likeness (QED) is 0.561. The maximum atomic E-state index is 13.0. The minimum atomic E-state index is -0.0486. The summed E-state index contributed by atoms with van der Waals surface area (Å²) in [5.74, 6) is 0.785. The summed E-state index contributed by atoms with van der Waals surface area (Å²) >= 11 is 0. The van der Waals surface area contributed by atoms with E-state index in [9.17, 15) is 4.79 Å². The van der Waals surface area contributed by atoms with Crippen molar-refractivity contribution in [1.82, 2.24) is 30.1 Å². The molecule has 5 rings (SSSR count). The van der Waals surface area contributed by atoms with Crippen LogP contribution >= 0.6 is 0 Å². The smallest absolute Gasteiger partial charge is 0.252 e. The molecule has 9 nitrogen and oxygen atoms in total. The summed E-state index contributed by atoms with van der Waals surface area (Å²) in [6, 6.07) is 6.18. The fraction of sp³-hybridized carbons (Fsp3) is 0.583. The first-order valence-electron chi connectivity index (χ1n) is 11.9. The average Bonchev–Trinajstić information content (AvgIpc) is 3.57. The van der Waals surface area contributed by atoms with Crippen LogP contribution in [0.3, 0.4) is 0 Å². The summed E-state index contributed by atoms with van der Waals surface area (Å²) in [6.45, 7) is 8.14. The van der Waals surface area contributed by atoms with Crippen LogP contribution in [-0.2, 0) is 29.1 Å². The van der Waals surface area contributed by atoms with Crippen molar-refractivity contribution < 1.29 is 9.47 Å². The molecule has 3 aromatic rings. The molecule has 0 amide bonds. The summed E-state index contributed by atoms with van der Waals surface area (Å²) in [4.78, 5) is 18.3. The van der Waals surface area contributed by atoms with Crippen LogP contribution in [0.2, 0.25) is 0 Å². The van der Waals surface area contributed by atoms with Gasteiger partial charge < -0.3 is 14.5 Å². The molecule has 2 aliphatic heterocycles. The lowest BCUT2D eigenvalue weighted by molar-refractivity contribution is 0.0647. The van der Waals surface area contributed by atoms with E-state index in [4.69, 9.17) is 9.47 Å². The van der Waals surface area contributed by atoms with Gasteiger partial charge in [-0.3, -0.25) is 9.69 Å². The topological polar surface area (TPSA) is 98.2 Å². The number of H-pyrrole nitrogens is 1. The highest BCUT2D eigenvalue weighted by molar-refractivity contribution is 5.85. The zero-order valence-corrected chi connectivity index (χ0v) is 19.4. The second-order valence-electron chi connectivity index (χ2n) is 9.33. The molecule has 0 spiro atoms. The Morgan fingerprint density at radius 1 is 1.09 bits per heavy atom. The van der Waals surface area contributed by atoms with Crippen LogP contribution in [-0.4, -0.2) is 62.1 Å². The standard InChI is InChI=1S/C24H32N6O3/c1-16-7-8-17(2)23-21(16)11-18(24(31)25-23)12-29(13-19-5-3-9-32-19)15-22-26-27-28-30(22)14-20-6-4-10-33-20/h7-8,11,19-20H,3-6,9-10,12-15H2,1-2H3,(H,25,31)/t19-,20-/m0/s1. The highest BCUT2D eigenvalue weighted by Gasteiger charge is 2.24. The molecule has 1 N–H and O–H groups in total. The van der Waals surface area contributed by atoms with Crippen LogP contribution in [0.4, 0.5) is 0 Å². The van der Waals surface area contributed by atoms with Crippen LogP contribution < -0.4 is 5.56 Å². The van der Waals surface area contributed by atoms with Crippen molar-refractivity contribution in [3.63, 3.8) is 0 Å². The van der Waals surface area contributed by atoms with Crippen LogP contribution in [0.25, 0.3) is 10.9 Å². The van der Waals surface area contributed by atoms with E-state index >= 15 is 0 Å². The van der Waals surface area contributed by atoms with Crippen molar-refractivity contribution >= 4 is 10.9 Å². The summed E-state index contributed by atoms with van der Waals surface area (Å²) in [6.07, 6.45) is 4.54. The van der Waals surface area contributed by atoms with Crippen LogP contribution in [0.15, 0.2) is 23.0 Å². The molecule has 0 saturated carbocycles. The first-order chi connectivity index (χ1) is 16.1. The number of tetrazole rings is 1. The molecule has 33 heavy (non-hydrogen) atoms. The van der Waals surface area contributed by atoms with Crippen molar-refractivity contribution in [3.05, 3.63) is 51.1 Å². The maximum absolute atomic E-state index is 13.0. The Labute approximate surface area is 193 Å². The number of benzene rings is 1. The normalized spacial score (nSPS) is 20.9. The Morgan fingerprint density at radius 3 is 2.61 bits per heavy atom. The zero-order chi connectivity index (χ0) is 22.8. The van der Waals surface area contributed by atoms with Gasteiger partial charge in [0.2, 0.25) is 0 Å². The highest BCUT2D eigenvalue weighted by Crippen LogP contribution is 2.22. The molecule has 9 heteroatoms. The van der Waals surface area contributed by atoms with Gasteiger partial charge in [-0.15, -0.1) is 5.10 Å². The molecule has 0 bridgehead atoms. The third kappa shape index (κ3) is 5.00. The predicted octanol–water partition coefficient (Wildman–Crippen LogP) is 2.49. The molecule has 176 valence electrons. The second-order valence-corrected chi connectivity index (χ2v) is 9.33. The molecule has 2 atom stereocenters.